The molecule has 0 atom stereocenters. The van der Waals surface area contributed by atoms with Gasteiger partial charge in [0.15, 0.2) is 0 Å². The molecule has 0 aliphatic rings. The van der Waals surface area contributed by atoms with Gasteiger partial charge in [-0.2, -0.15) is 0 Å². The highest BCUT2D eigenvalue weighted by molar-refractivity contribution is 6.18. The Morgan fingerprint density at radius 2 is 0.831 bits per heavy atom. The van der Waals surface area contributed by atoms with Gasteiger partial charge >= 0.3 is 0 Å². The molecule has 12 rings (SSSR count). The summed E-state index contributed by atoms with van der Waals surface area (Å²) in [5.74, 6) is 0. The van der Waals surface area contributed by atoms with Gasteiger partial charge in [-0.1, -0.05) is 164 Å². The smallest absolute Gasteiger partial charge is 0.143 e. The van der Waals surface area contributed by atoms with Crippen molar-refractivity contribution in [3.05, 3.63) is 212 Å². The van der Waals surface area contributed by atoms with Gasteiger partial charge in [0.05, 0.1) is 5.69 Å². The summed E-state index contributed by atoms with van der Waals surface area (Å²) in [6, 6.07) is 75.6. The minimum atomic E-state index is 0.848. The molecule has 0 N–H and O–H groups in total. The zero-order chi connectivity index (χ0) is 38.9. The molecule has 3 heteroatoms. The molecule has 2 heterocycles. The van der Waals surface area contributed by atoms with Gasteiger partial charge in [0, 0.05) is 55.5 Å². The predicted molar refractivity (Wildman–Crippen MR) is 247 cm³/mol. The van der Waals surface area contributed by atoms with Gasteiger partial charge < -0.3 is 13.7 Å². The van der Waals surface area contributed by atoms with Crippen molar-refractivity contribution in [1.29, 1.82) is 0 Å². The van der Waals surface area contributed by atoms with Crippen molar-refractivity contribution in [3.63, 3.8) is 0 Å². The molecule has 0 unspecified atom stereocenters. The number of hydrogen-bond donors (Lipinski definition) is 0. The Morgan fingerprint density at radius 3 is 1.68 bits per heavy atom. The molecule has 0 aliphatic heterocycles. The van der Waals surface area contributed by atoms with E-state index >= 15 is 0 Å². The third-order valence-electron chi connectivity index (χ3n) is 11.9. The molecule has 0 saturated heterocycles. The molecule has 12 aromatic rings. The van der Waals surface area contributed by atoms with Crippen LogP contribution in [-0.4, -0.2) is 0 Å². The van der Waals surface area contributed by atoms with Gasteiger partial charge in [0.2, 0.25) is 0 Å². The lowest BCUT2D eigenvalue weighted by molar-refractivity contribution is 0.669. The van der Waals surface area contributed by atoms with Crippen LogP contribution >= 0.6 is 0 Å². The van der Waals surface area contributed by atoms with Crippen molar-refractivity contribution in [2.24, 2.45) is 0 Å². The lowest BCUT2D eigenvalue weighted by atomic mass is 9.96. The Labute approximate surface area is 340 Å². The number of nitrogens with zero attached hydrogens (tertiary/aromatic N) is 1. The molecule has 2 aromatic heterocycles. The van der Waals surface area contributed by atoms with Gasteiger partial charge in [0.25, 0.3) is 0 Å². The topological polar surface area (TPSA) is 29.5 Å². The van der Waals surface area contributed by atoms with E-state index in [0.717, 1.165) is 88.4 Å². The molecule has 10 aromatic carbocycles. The van der Waals surface area contributed by atoms with E-state index in [1.54, 1.807) is 0 Å². The van der Waals surface area contributed by atoms with E-state index < -0.39 is 0 Å². The number of para-hydroxylation sites is 3. The fourth-order valence-corrected chi connectivity index (χ4v) is 9.04. The summed E-state index contributed by atoms with van der Waals surface area (Å²) in [6.07, 6.45) is 0. The first-order chi connectivity index (χ1) is 29.2. The molecule has 0 spiro atoms. The van der Waals surface area contributed by atoms with E-state index in [9.17, 15) is 0 Å². The van der Waals surface area contributed by atoms with Crippen molar-refractivity contribution in [1.82, 2.24) is 0 Å². The van der Waals surface area contributed by atoms with Gasteiger partial charge in [-0.25, -0.2) is 0 Å². The van der Waals surface area contributed by atoms with Crippen LogP contribution in [0.15, 0.2) is 221 Å². The maximum Gasteiger partial charge on any atom is 0.143 e. The van der Waals surface area contributed by atoms with Gasteiger partial charge in [-0.05, 0) is 80.9 Å². The summed E-state index contributed by atoms with van der Waals surface area (Å²) < 4.78 is 13.3. The van der Waals surface area contributed by atoms with E-state index in [1.807, 2.05) is 12.1 Å². The van der Waals surface area contributed by atoms with Gasteiger partial charge in [0.1, 0.15) is 22.3 Å². The van der Waals surface area contributed by atoms with Crippen molar-refractivity contribution in [2.75, 3.05) is 4.90 Å². The lowest BCUT2D eigenvalue weighted by Crippen LogP contribution is -2.11. The molecule has 0 amide bonds. The molecule has 0 bridgehead atoms. The predicted octanol–water partition coefficient (Wildman–Crippen LogP) is 16.3. The standard InChI is InChI=1S/C56H35NO2/c1-3-14-43-38(11-1)13-9-18-44(43)40-25-23-36(24-26-40)37-27-30-41(31-28-37)57(42-32-34-48-47-17-6-8-22-53(47)58-54(48)35-42)52-21-7-5-16-46(52)49-19-10-20-50-51-33-29-39-12-2-4-15-45(39)55(51)59-56(49)50/h1-35H. The molecule has 0 aliphatic carbocycles. The minimum Gasteiger partial charge on any atom is -0.456 e. The fraction of sp³-hybridized carbons (Fsp3) is 0. The molecule has 0 saturated carbocycles. The first kappa shape index (κ1) is 33.3. The Balaban J connectivity index is 0.997. The summed E-state index contributed by atoms with van der Waals surface area (Å²) in [6.45, 7) is 0. The fourth-order valence-electron chi connectivity index (χ4n) is 9.04. The van der Waals surface area contributed by atoms with Gasteiger partial charge in [-0.3, -0.25) is 0 Å². The maximum atomic E-state index is 6.88. The Morgan fingerprint density at radius 1 is 0.288 bits per heavy atom. The summed E-state index contributed by atoms with van der Waals surface area (Å²) in [4.78, 5) is 2.34. The largest absolute Gasteiger partial charge is 0.456 e. The van der Waals surface area contributed by atoms with E-state index in [0.29, 0.717) is 0 Å². The Bertz CT molecular complexity index is 3550. The van der Waals surface area contributed by atoms with Crippen LogP contribution in [0.25, 0.3) is 98.8 Å². The summed E-state index contributed by atoms with van der Waals surface area (Å²) >= 11 is 0. The number of rotatable bonds is 6. The third-order valence-corrected chi connectivity index (χ3v) is 11.9. The normalized spacial score (nSPS) is 11.7. The van der Waals surface area contributed by atoms with Crippen LogP contribution in [0.1, 0.15) is 0 Å². The van der Waals surface area contributed by atoms with E-state index in [2.05, 4.69) is 205 Å². The summed E-state index contributed by atoms with van der Waals surface area (Å²) in [5.41, 5.74) is 13.5. The average molecular weight is 754 g/mol. The molecule has 276 valence electrons. The number of benzene rings is 10. The van der Waals surface area contributed by atoms with Crippen LogP contribution in [0.5, 0.6) is 0 Å². The van der Waals surface area contributed by atoms with Crippen LogP contribution < -0.4 is 4.90 Å². The van der Waals surface area contributed by atoms with Gasteiger partial charge in [-0.15, -0.1) is 0 Å². The Hall–Kier alpha value is -7.88. The lowest BCUT2D eigenvalue weighted by Gasteiger charge is -2.28. The molecular formula is C56H35NO2. The van der Waals surface area contributed by atoms with Crippen LogP contribution in [0.3, 0.4) is 0 Å². The van der Waals surface area contributed by atoms with Crippen LogP contribution in [-0.2, 0) is 0 Å². The number of fused-ring (bicyclic) bond motifs is 9. The number of hydrogen-bond acceptors (Lipinski definition) is 3. The molecule has 0 fully saturated rings. The minimum absolute atomic E-state index is 0.848. The summed E-state index contributed by atoms with van der Waals surface area (Å²) in [5, 5.41) is 9.22. The molecule has 59 heavy (non-hydrogen) atoms. The van der Waals surface area contributed by atoms with Crippen molar-refractivity contribution in [3.8, 4) is 33.4 Å². The molecule has 0 radical (unpaired) electrons. The molecule has 3 nitrogen and oxygen atoms in total. The summed E-state index contributed by atoms with van der Waals surface area (Å²) in [7, 11) is 0. The second-order valence-electron chi connectivity index (χ2n) is 15.2. The zero-order valence-corrected chi connectivity index (χ0v) is 32.0. The second kappa shape index (κ2) is 13.4. The monoisotopic (exact) mass is 753 g/mol. The average Bonchev–Trinajstić information content (AvgIpc) is 3.88. The second-order valence-corrected chi connectivity index (χ2v) is 15.2. The first-order valence-corrected chi connectivity index (χ1v) is 20.1. The van der Waals surface area contributed by atoms with Crippen LogP contribution in [0.2, 0.25) is 0 Å². The zero-order valence-electron chi connectivity index (χ0n) is 32.0. The van der Waals surface area contributed by atoms with Crippen molar-refractivity contribution in [2.45, 2.75) is 0 Å². The highest BCUT2D eigenvalue weighted by Crippen LogP contribution is 2.46. The SMILES string of the molecule is c1ccc(N(c2ccc(-c3ccc(-c4cccc5ccccc45)cc3)cc2)c2ccc3c(c2)oc2ccccc23)c(-c2cccc3c2oc2c4ccccc4ccc32)c1. The van der Waals surface area contributed by atoms with Crippen LogP contribution in [0.4, 0.5) is 17.1 Å². The van der Waals surface area contributed by atoms with E-state index in [1.165, 1.54) is 27.5 Å². The highest BCUT2D eigenvalue weighted by Gasteiger charge is 2.22. The maximum absolute atomic E-state index is 6.88. The van der Waals surface area contributed by atoms with E-state index in [-0.39, 0.29) is 0 Å². The number of furan rings is 2. The number of anilines is 3. The third kappa shape index (κ3) is 5.44. The van der Waals surface area contributed by atoms with E-state index in [4.69, 9.17) is 8.83 Å². The van der Waals surface area contributed by atoms with Crippen molar-refractivity contribution < 1.29 is 8.83 Å². The van der Waals surface area contributed by atoms with Crippen molar-refractivity contribution >= 4 is 82.5 Å². The van der Waals surface area contributed by atoms with Crippen LogP contribution in [0, 0.1) is 0 Å². The first-order valence-electron chi connectivity index (χ1n) is 20.1. The molecular weight excluding hydrogens is 719 g/mol. The quantitative estimate of drug-likeness (QED) is 0.169. The Kier molecular flexibility index (Phi) is 7.54. The highest BCUT2D eigenvalue weighted by atomic mass is 16.3.